The Kier molecular flexibility index (Phi) is 2.40. The lowest BCUT2D eigenvalue weighted by Gasteiger charge is -2.56. The van der Waals surface area contributed by atoms with Crippen molar-refractivity contribution in [3.8, 4) is 0 Å². The molecule has 1 amide bonds. The molecule has 0 radical (unpaired) electrons. The number of carbonyl (C=O) groups is 3. The van der Waals surface area contributed by atoms with E-state index in [2.05, 4.69) is 0 Å². The first-order valence-electron chi connectivity index (χ1n) is 5.18. The second kappa shape index (κ2) is 3.64. The molecule has 2 atom stereocenters. The van der Waals surface area contributed by atoms with Crippen molar-refractivity contribution in [2.45, 2.75) is 17.4 Å². The number of morpholine rings is 2. The molecule has 8 heteroatoms. The van der Waals surface area contributed by atoms with E-state index in [0.29, 0.717) is 11.3 Å². The van der Waals surface area contributed by atoms with Gasteiger partial charge in [-0.2, -0.15) is 0 Å². The van der Waals surface area contributed by atoms with Crippen LogP contribution in [-0.2, 0) is 23.9 Å². The maximum atomic E-state index is 11.8. The first-order chi connectivity index (χ1) is 8.45. The molecule has 0 aromatic rings. The van der Waals surface area contributed by atoms with Crippen LogP contribution in [0, 0.1) is 0 Å². The van der Waals surface area contributed by atoms with E-state index in [1.165, 1.54) is 23.6 Å². The highest BCUT2D eigenvalue weighted by molar-refractivity contribution is 8.00. The van der Waals surface area contributed by atoms with Crippen LogP contribution in [-0.4, -0.2) is 45.5 Å². The monoisotopic (exact) mass is 289 g/mol. The van der Waals surface area contributed by atoms with Gasteiger partial charge in [-0.1, -0.05) is 11.6 Å². The number of hydrogen-bond donors (Lipinski definition) is 0. The SMILES string of the molecule is CC(=O)OCC1=C2C(=O)OC3(Cl)C(=O)N2[C@@H]3SC1. The summed E-state index contributed by atoms with van der Waals surface area (Å²) in [6.45, 7) is 1.26. The average molecular weight is 290 g/mol. The maximum Gasteiger partial charge on any atom is 0.357 e. The molecule has 4 aliphatic rings. The third-order valence-corrected chi connectivity index (χ3v) is 4.89. The minimum Gasteiger partial charge on any atom is -0.461 e. The number of rotatable bonds is 2. The second-order valence-corrected chi connectivity index (χ2v) is 5.74. The first-order valence-corrected chi connectivity index (χ1v) is 6.60. The molecule has 3 saturated heterocycles. The lowest BCUT2D eigenvalue weighted by Crippen LogP contribution is -2.76. The smallest absolute Gasteiger partial charge is 0.357 e. The van der Waals surface area contributed by atoms with Crippen molar-refractivity contribution in [1.82, 2.24) is 4.90 Å². The number of alkyl halides is 1. The second-order valence-electron chi connectivity index (χ2n) is 4.11. The van der Waals surface area contributed by atoms with Crippen LogP contribution >= 0.6 is 23.4 Å². The zero-order valence-corrected chi connectivity index (χ0v) is 10.8. The van der Waals surface area contributed by atoms with E-state index in [1.807, 2.05) is 0 Å². The van der Waals surface area contributed by atoms with Crippen LogP contribution in [0.25, 0.3) is 0 Å². The highest BCUT2D eigenvalue weighted by atomic mass is 35.5. The zero-order valence-electron chi connectivity index (χ0n) is 9.27. The minimum atomic E-state index is -1.54. The topological polar surface area (TPSA) is 72.9 Å². The van der Waals surface area contributed by atoms with E-state index in [4.69, 9.17) is 21.1 Å². The van der Waals surface area contributed by atoms with Crippen LogP contribution in [0.4, 0.5) is 0 Å². The Bertz CT molecular complexity index is 518. The molecule has 96 valence electrons. The van der Waals surface area contributed by atoms with E-state index in [-0.39, 0.29) is 17.7 Å². The number of carbonyl (C=O) groups excluding carboxylic acids is 3. The third kappa shape index (κ3) is 1.34. The van der Waals surface area contributed by atoms with Gasteiger partial charge >= 0.3 is 11.9 Å². The van der Waals surface area contributed by atoms with Gasteiger partial charge in [0.1, 0.15) is 17.7 Å². The van der Waals surface area contributed by atoms with Gasteiger partial charge in [-0.15, -0.1) is 11.8 Å². The van der Waals surface area contributed by atoms with Gasteiger partial charge in [0.25, 0.3) is 11.0 Å². The van der Waals surface area contributed by atoms with Crippen LogP contribution in [0.1, 0.15) is 6.92 Å². The number of thioether (sulfide) groups is 1. The van der Waals surface area contributed by atoms with E-state index in [0.717, 1.165) is 0 Å². The number of fused-ring (bicyclic) bond motifs is 1. The summed E-state index contributed by atoms with van der Waals surface area (Å²) < 4.78 is 9.83. The Hall–Kier alpha value is -1.21. The fraction of sp³-hybridized carbons (Fsp3) is 0.500. The number of amides is 1. The standard InChI is InChI=1S/C10H8ClNO5S/c1-4(13)16-2-5-3-18-9-10(11)8(15)12(9)6(5)7(14)17-10/h9H,2-3H2,1H3/t9-,10?/m1/s1. The third-order valence-electron chi connectivity index (χ3n) is 2.94. The van der Waals surface area contributed by atoms with Gasteiger partial charge < -0.3 is 9.47 Å². The summed E-state index contributed by atoms with van der Waals surface area (Å²) in [6.07, 6.45) is 0. The Morgan fingerprint density at radius 2 is 2.39 bits per heavy atom. The van der Waals surface area contributed by atoms with Gasteiger partial charge in [0.05, 0.1) is 0 Å². The molecular formula is C10H8ClNO5S. The molecule has 0 saturated carbocycles. The van der Waals surface area contributed by atoms with Crippen molar-refractivity contribution < 1.29 is 23.9 Å². The number of halogens is 1. The van der Waals surface area contributed by atoms with Crippen molar-refractivity contribution in [2.75, 3.05) is 12.4 Å². The molecule has 0 aliphatic carbocycles. The lowest BCUT2D eigenvalue weighted by atomic mass is 10.0. The van der Waals surface area contributed by atoms with E-state index >= 15 is 0 Å². The van der Waals surface area contributed by atoms with Gasteiger partial charge in [0.15, 0.2) is 0 Å². The summed E-state index contributed by atoms with van der Waals surface area (Å²) in [6, 6.07) is 0. The Morgan fingerprint density at radius 1 is 1.67 bits per heavy atom. The predicted molar refractivity (Wildman–Crippen MR) is 61.4 cm³/mol. The van der Waals surface area contributed by atoms with E-state index in [9.17, 15) is 14.4 Å². The number of nitrogens with zero attached hydrogens (tertiary/aromatic N) is 1. The van der Waals surface area contributed by atoms with E-state index < -0.39 is 22.9 Å². The molecule has 0 aromatic carbocycles. The molecule has 1 unspecified atom stereocenters. The summed E-state index contributed by atoms with van der Waals surface area (Å²) in [5.74, 6) is -1.03. The summed E-state index contributed by atoms with van der Waals surface area (Å²) >= 11 is 7.35. The predicted octanol–water partition coefficient (Wildman–Crippen LogP) is 0.211. The Morgan fingerprint density at radius 3 is 3.06 bits per heavy atom. The molecular weight excluding hydrogens is 282 g/mol. The van der Waals surface area contributed by atoms with Crippen molar-refractivity contribution >= 4 is 41.2 Å². The molecule has 3 fully saturated rings. The number of hydrogen-bond acceptors (Lipinski definition) is 6. The number of ether oxygens (including phenoxy) is 2. The van der Waals surface area contributed by atoms with Crippen LogP contribution in [0.5, 0.6) is 0 Å². The largest absolute Gasteiger partial charge is 0.461 e. The molecule has 18 heavy (non-hydrogen) atoms. The van der Waals surface area contributed by atoms with Gasteiger partial charge in [-0.25, -0.2) is 4.79 Å². The molecule has 4 bridgehead atoms. The molecule has 0 spiro atoms. The van der Waals surface area contributed by atoms with Crippen molar-refractivity contribution in [3.63, 3.8) is 0 Å². The summed E-state index contributed by atoms with van der Waals surface area (Å²) in [5, 5.41) is -1.92. The zero-order chi connectivity index (χ0) is 13.1. The van der Waals surface area contributed by atoms with Crippen molar-refractivity contribution in [1.29, 1.82) is 0 Å². The molecule has 4 rings (SSSR count). The van der Waals surface area contributed by atoms with Crippen LogP contribution in [0.3, 0.4) is 0 Å². The van der Waals surface area contributed by atoms with Gasteiger partial charge in [0, 0.05) is 18.2 Å². The number of esters is 2. The molecule has 6 nitrogen and oxygen atoms in total. The lowest BCUT2D eigenvalue weighted by molar-refractivity contribution is -0.193. The molecule has 0 N–H and O–H groups in total. The van der Waals surface area contributed by atoms with Crippen molar-refractivity contribution in [2.24, 2.45) is 0 Å². The van der Waals surface area contributed by atoms with Crippen LogP contribution < -0.4 is 0 Å². The van der Waals surface area contributed by atoms with Crippen LogP contribution in [0.2, 0.25) is 0 Å². The average Bonchev–Trinajstić information content (AvgIpc) is 2.32. The molecule has 0 aromatic heterocycles. The quantitative estimate of drug-likeness (QED) is 0.411. The van der Waals surface area contributed by atoms with Crippen LogP contribution in [0.15, 0.2) is 11.3 Å². The summed E-state index contributed by atoms with van der Waals surface area (Å²) in [4.78, 5) is 35.6. The van der Waals surface area contributed by atoms with Crippen molar-refractivity contribution in [3.05, 3.63) is 11.3 Å². The number of β-lactam (4-membered cyclic amide) rings is 1. The van der Waals surface area contributed by atoms with Gasteiger partial charge in [-0.05, 0) is 0 Å². The highest BCUT2D eigenvalue weighted by Crippen LogP contribution is 2.54. The fourth-order valence-electron chi connectivity index (χ4n) is 2.11. The molecule has 4 heterocycles. The highest BCUT2D eigenvalue weighted by Gasteiger charge is 2.71. The maximum absolute atomic E-state index is 11.8. The fourth-order valence-corrected chi connectivity index (χ4v) is 3.85. The first kappa shape index (κ1) is 11.9. The van der Waals surface area contributed by atoms with E-state index in [1.54, 1.807) is 0 Å². The molecule has 4 aliphatic heterocycles. The van der Waals surface area contributed by atoms with Gasteiger partial charge in [-0.3, -0.25) is 14.5 Å². The van der Waals surface area contributed by atoms with Gasteiger partial charge in [0.2, 0.25) is 0 Å². The Labute approximate surface area is 111 Å². The summed E-state index contributed by atoms with van der Waals surface area (Å²) in [7, 11) is 0. The Balaban J connectivity index is 1.94. The normalized spacial score (nSPS) is 33.0. The minimum absolute atomic E-state index is 0.0153. The summed E-state index contributed by atoms with van der Waals surface area (Å²) in [5.41, 5.74) is 0.746.